The quantitative estimate of drug-likeness (QED) is 0.694. The van der Waals surface area contributed by atoms with Gasteiger partial charge in [0, 0.05) is 19.1 Å². The number of likely N-dealkylation sites (N-methyl/N-ethyl adjacent to an activating group) is 1. The van der Waals surface area contributed by atoms with Crippen molar-refractivity contribution in [2.75, 3.05) is 26.2 Å². The fourth-order valence-corrected chi connectivity index (χ4v) is 2.56. The molecule has 0 radical (unpaired) electrons. The lowest BCUT2D eigenvalue weighted by Gasteiger charge is -2.21. The topological polar surface area (TPSA) is 15.3 Å². The summed E-state index contributed by atoms with van der Waals surface area (Å²) in [6.45, 7) is 13.5. The van der Waals surface area contributed by atoms with Crippen LogP contribution in [0.5, 0.6) is 0 Å². The molecule has 20 heavy (non-hydrogen) atoms. The van der Waals surface area contributed by atoms with Gasteiger partial charge in [-0.25, -0.2) is 0 Å². The first-order valence-electron chi connectivity index (χ1n) is 8.25. The van der Waals surface area contributed by atoms with E-state index in [0.29, 0.717) is 6.04 Å². The standard InChI is InChI=1S/C18H32N2/c1-5-8-17-9-11-18(12-10-17)16(4)19-13-15-20(7-3)14-6-2/h9-12,16,19H,5-8,13-15H2,1-4H3. The van der Waals surface area contributed by atoms with Crippen LogP contribution in [0.15, 0.2) is 24.3 Å². The van der Waals surface area contributed by atoms with Crippen molar-refractivity contribution in [3.05, 3.63) is 35.4 Å². The smallest absolute Gasteiger partial charge is 0.0292 e. The molecular formula is C18H32N2. The van der Waals surface area contributed by atoms with Crippen molar-refractivity contribution in [2.24, 2.45) is 0 Å². The molecule has 0 aliphatic heterocycles. The van der Waals surface area contributed by atoms with Crippen LogP contribution in [-0.2, 0) is 6.42 Å². The summed E-state index contributed by atoms with van der Waals surface area (Å²) in [5, 5.41) is 3.63. The molecule has 0 saturated heterocycles. The molecule has 0 spiro atoms. The average Bonchev–Trinajstić information content (AvgIpc) is 2.47. The molecule has 0 aliphatic rings. The predicted molar refractivity (Wildman–Crippen MR) is 89.3 cm³/mol. The third kappa shape index (κ3) is 6.06. The van der Waals surface area contributed by atoms with Gasteiger partial charge in [0.1, 0.15) is 0 Å². The van der Waals surface area contributed by atoms with Gasteiger partial charge in [-0.15, -0.1) is 0 Å². The molecule has 0 heterocycles. The van der Waals surface area contributed by atoms with Crippen LogP contribution in [0.4, 0.5) is 0 Å². The van der Waals surface area contributed by atoms with Gasteiger partial charge in [-0.3, -0.25) is 0 Å². The molecule has 1 aromatic carbocycles. The Bertz CT molecular complexity index is 345. The first-order chi connectivity index (χ1) is 9.71. The molecular weight excluding hydrogens is 244 g/mol. The van der Waals surface area contributed by atoms with Crippen LogP contribution in [0.1, 0.15) is 57.7 Å². The van der Waals surface area contributed by atoms with Gasteiger partial charge in [-0.05, 0) is 44.0 Å². The third-order valence-electron chi connectivity index (χ3n) is 3.88. The molecule has 0 aliphatic carbocycles. The van der Waals surface area contributed by atoms with Crippen LogP contribution in [0, 0.1) is 0 Å². The molecule has 1 atom stereocenters. The maximum Gasteiger partial charge on any atom is 0.0292 e. The molecule has 2 nitrogen and oxygen atoms in total. The zero-order valence-electron chi connectivity index (χ0n) is 13.8. The van der Waals surface area contributed by atoms with E-state index in [1.165, 1.54) is 36.9 Å². The van der Waals surface area contributed by atoms with Crippen LogP contribution in [0.25, 0.3) is 0 Å². The van der Waals surface area contributed by atoms with Gasteiger partial charge in [0.15, 0.2) is 0 Å². The van der Waals surface area contributed by atoms with E-state index in [4.69, 9.17) is 0 Å². The summed E-state index contributed by atoms with van der Waals surface area (Å²) in [5.41, 5.74) is 2.84. The minimum atomic E-state index is 0.436. The highest BCUT2D eigenvalue weighted by molar-refractivity contribution is 5.24. The van der Waals surface area contributed by atoms with Gasteiger partial charge in [-0.1, -0.05) is 51.5 Å². The zero-order chi connectivity index (χ0) is 14.8. The molecule has 0 saturated carbocycles. The molecule has 1 rings (SSSR count). The Kier molecular flexibility index (Phi) is 8.56. The summed E-state index contributed by atoms with van der Waals surface area (Å²) in [7, 11) is 0. The van der Waals surface area contributed by atoms with Crippen molar-refractivity contribution in [3.8, 4) is 0 Å². The summed E-state index contributed by atoms with van der Waals surface area (Å²) in [5.74, 6) is 0. The van der Waals surface area contributed by atoms with Crippen LogP contribution in [0.3, 0.4) is 0 Å². The van der Waals surface area contributed by atoms with Crippen molar-refractivity contribution in [2.45, 2.75) is 53.0 Å². The predicted octanol–water partition coefficient (Wildman–Crippen LogP) is 4.02. The normalized spacial score (nSPS) is 12.8. The second-order valence-corrected chi connectivity index (χ2v) is 5.60. The second-order valence-electron chi connectivity index (χ2n) is 5.60. The third-order valence-corrected chi connectivity index (χ3v) is 3.88. The van der Waals surface area contributed by atoms with E-state index in [0.717, 1.165) is 19.6 Å². The number of nitrogens with zero attached hydrogens (tertiary/aromatic N) is 1. The summed E-state index contributed by atoms with van der Waals surface area (Å²) >= 11 is 0. The number of aryl methyl sites for hydroxylation is 1. The summed E-state index contributed by atoms with van der Waals surface area (Å²) in [6.07, 6.45) is 3.64. The van der Waals surface area contributed by atoms with Gasteiger partial charge in [0.2, 0.25) is 0 Å². The van der Waals surface area contributed by atoms with Crippen molar-refractivity contribution < 1.29 is 0 Å². The molecule has 0 bridgehead atoms. The maximum atomic E-state index is 3.63. The van der Waals surface area contributed by atoms with Gasteiger partial charge in [0.05, 0.1) is 0 Å². The van der Waals surface area contributed by atoms with E-state index in [1.807, 2.05) is 0 Å². The minimum absolute atomic E-state index is 0.436. The Morgan fingerprint density at radius 3 is 2.25 bits per heavy atom. The highest BCUT2D eigenvalue weighted by Crippen LogP contribution is 2.14. The molecule has 0 aromatic heterocycles. The van der Waals surface area contributed by atoms with Gasteiger partial charge >= 0.3 is 0 Å². The fourth-order valence-electron chi connectivity index (χ4n) is 2.56. The Morgan fingerprint density at radius 1 is 1.00 bits per heavy atom. The molecule has 1 unspecified atom stereocenters. The molecule has 0 fully saturated rings. The van der Waals surface area contributed by atoms with E-state index in [-0.39, 0.29) is 0 Å². The number of benzene rings is 1. The highest BCUT2D eigenvalue weighted by atomic mass is 15.1. The fraction of sp³-hybridized carbons (Fsp3) is 0.667. The SMILES string of the molecule is CCCc1ccc(C(C)NCCN(CC)CCC)cc1. The molecule has 114 valence electrons. The van der Waals surface area contributed by atoms with E-state index in [2.05, 4.69) is 62.2 Å². The first-order valence-corrected chi connectivity index (χ1v) is 8.25. The van der Waals surface area contributed by atoms with E-state index in [9.17, 15) is 0 Å². The average molecular weight is 276 g/mol. The number of hydrogen-bond donors (Lipinski definition) is 1. The first kappa shape index (κ1) is 17.2. The van der Waals surface area contributed by atoms with Crippen molar-refractivity contribution in [3.63, 3.8) is 0 Å². The summed E-state index contributed by atoms with van der Waals surface area (Å²) in [6, 6.07) is 9.52. The summed E-state index contributed by atoms with van der Waals surface area (Å²) < 4.78 is 0. The molecule has 2 heteroatoms. The number of rotatable bonds is 10. The summed E-state index contributed by atoms with van der Waals surface area (Å²) in [4.78, 5) is 2.50. The van der Waals surface area contributed by atoms with Crippen LogP contribution >= 0.6 is 0 Å². The highest BCUT2D eigenvalue weighted by Gasteiger charge is 2.06. The molecule has 1 aromatic rings. The van der Waals surface area contributed by atoms with Gasteiger partial charge in [0.25, 0.3) is 0 Å². The Balaban J connectivity index is 2.36. The zero-order valence-corrected chi connectivity index (χ0v) is 13.8. The second kappa shape index (κ2) is 9.95. The lowest BCUT2D eigenvalue weighted by atomic mass is 10.0. The van der Waals surface area contributed by atoms with Crippen molar-refractivity contribution >= 4 is 0 Å². The largest absolute Gasteiger partial charge is 0.309 e. The van der Waals surface area contributed by atoms with Crippen LogP contribution < -0.4 is 5.32 Å². The number of hydrogen-bond acceptors (Lipinski definition) is 2. The maximum absolute atomic E-state index is 3.63. The van der Waals surface area contributed by atoms with E-state index < -0.39 is 0 Å². The van der Waals surface area contributed by atoms with E-state index in [1.54, 1.807) is 0 Å². The lowest BCUT2D eigenvalue weighted by Crippen LogP contribution is -2.33. The van der Waals surface area contributed by atoms with Crippen LogP contribution in [0.2, 0.25) is 0 Å². The van der Waals surface area contributed by atoms with Gasteiger partial charge in [-0.2, -0.15) is 0 Å². The van der Waals surface area contributed by atoms with Gasteiger partial charge < -0.3 is 10.2 Å². The van der Waals surface area contributed by atoms with Crippen molar-refractivity contribution in [1.82, 2.24) is 10.2 Å². The Labute approximate surface area is 125 Å². The Morgan fingerprint density at radius 2 is 1.70 bits per heavy atom. The Hall–Kier alpha value is -0.860. The minimum Gasteiger partial charge on any atom is -0.309 e. The lowest BCUT2D eigenvalue weighted by molar-refractivity contribution is 0.284. The monoisotopic (exact) mass is 276 g/mol. The van der Waals surface area contributed by atoms with Crippen molar-refractivity contribution in [1.29, 1.82) is 0 Å². The number of nitrogens with one attached hydrogen (secondary N) is 1. The molecule has 1 N–H and O–H groups in total. The molecule has 0 amide bonds. The van der Waals surface area contributed by atoms with E-state index >= 15 is 0 Å². The van der Waals surface area contributed by atoms with Crippen LogP contribution in [-0.4, -0.2) is 31.1 Å².